The average molecular weight is 342 g/mol. The minimum Gasteiger partial charge on any atom is -0.292 e. The Kier molecular flexibility index (Phi) is 4.93. The molecule has 0 radical (unpaired) electrons. The van der Waals surface area contributed by atoms with Crippen LogP contribution in [-0.2, 0) is 0 Å². The first-order valence-corrected chi connectivity index (χ1v) is 7.62. The lowest BCUT2D eigenvalue weighted by molar-refractivity contribution is 0.0978. The smallest absolute Gasteiger partial charge is 0.185 e. The van der Waals surface area contributed by atoms with Gasteiger partial charge in [0.2, 0.25) is 0 Å². The number of nitriles is 1. The predicted octanol–water partition coefficient (Wildman–Crippen LogP) is 5.06. The third kappa shape index (κ3) is 3.40. The molecule has 1 atom stereocenters. The molecule has 0 aliphatic heterocycles. The number of carbonyl (C=O) groups is 1. The molecule has 0 amide bonds. The number of halogens is 1. The quantitative estimate of drug-likeness (QED) is 0.729. The van der Waals surface area contributed by atoms with Crippen LogP contribution in [0.1, 0.15) is 47.2 Å². The monoisotopic (exact) mass is 341 g/mol. The summed E-state index contributed by atoms with van der Waals surface area (Å²) in [5.41, 5.74) is 2.48. The highest BCUT2D eigenvalue weighted by molar-refractivity contribution is 9.10. The fraction of sp³-hybridized carbons (Fsp3) is 0.222. The van der Waals surface area contributed by atoms with Gasteiger partial charge in [0.1, 0.15) is 5.92 Å². The fourth-order valence-electron chi connectivity index (χ4n) is 2.17. The van der Waals surface area contributed by atoms with Crippen molar-refractivity contribution in [1.82, 2.24) is 0 Å². The van der Waals surface area contributed by atoms with Crippen molar-refractivity contribution in [3.05, 3.63) is 69.7 Å². The van der Waals surface area contributed by atoms with Crippen molar-refractivity contribution >= 4 is 21.7 Å². The topological polar surface area (TPSA) is 40.9 Å². The summed E-state index contributed by atoms with van der Waals surface area (Å²) >= 11 is 3.37. The van der Waals surface area contributed by atoms with Crippen molar-refractivity contribution in [2.24, 2.45) is 0 Å². The highest BCUT2D eigenvalue weighted by atomic mass is 79.9. The van der Waals surface area contributed by atoms with E-state index in [0.717, 1.165) is 5.56 Å². The maximum Gasteiger partial charge on any atom is 0.185 e. The van der Waals surface area contributed by atoms with Crippen LogP contribution in [-0.4, -0.2) is 5.78 Å². The highest BCUT2D eigenvalue weighted by Crippen LogP contribution is 2.26. The van der Waals surface area contributed by atoms with E-state index in [1.165, 1.54) is 5.56 Å². The Hall–Kier alpha value is -1.92. The number of rotatable bonds is 4. The molecule has 0 aromatic heterocycles. The van der Waals surface area contributed by atoms with Crippen LogP contribution >= 0.6 is 15.9 Å². The van der Waals surface area contributed by atoms with Crippen molar-refractivity contribution < 1.29 is 4.79 Å². The molecule has 0 saturated carbocycles. The molecule has 0 N–H and O–H groups in total. The molecule has 2 rings (SSSR count). The van der Waals surface area contributed by atoms with Gasteiger partial charge in [-0.25, -0.2) is 0 Å². The molecule has 2 nitrogen and oxygen atoms in total. The van der Waals surface area contributed by atoms with Gasteiger partial charge in [-0.15, -0.1) is 0 Å². The van der Waals surface area contributed by atoms with E-state index in [0.29, 0.717) is 16.0 Å². The van der Waals surface area contributed by atoms with Gasteiger partial charge in [-0.05, 0) is 23.1 Å². The summed E-state index contributed by atoms with van der Waals surface area (Å²) < 4.78 is 0.717. The second kappa shape index (κ2) is 6.69. The minimum atomic E-state index is -0.773. The zero-order chi connectivity index (χ0) is 15.4. The Balaban J connectivity index is 2.34. The summed E-state index contributed by atoms with van der Waals surface area (Å²) in [4.78, 5) is 12.6. The van der Waals surface area contributed by atoms with Crippen molar-refractivity contribution in [2.75, 3.05) is 0 Å². The van der Waals surface area contributed by atoms with Gasteiger partial charge >= 0.3 is 0 Å². The predicted molar refractivity (Wildman–Crippen MR) is 87.4 cm³/mol. The molecule has 2 aromatic carbocycles. The molecular weight excluding hydrogens is 326 g/mol. The van der Waals surface area contributed by atoms with Gasteiger partial charge in [-0.1, -0.05) is 72.2 Å². The van der Waals surface area contributed by atoms with Crippen LogP contribution in [0.15, 0.2) is 53.0 Å². The zero-order valence-electron chi connectivity index (χ0n) is 12.0. The third-order valence-corrected chi connectivity index (χ3v) is 4.16. The first kappa shape index (κ1) is 15.5. The molecule has 0 fully saturated rings. The Morgan fingerprint density at radius 1 is 1.05 bits per heavy atom. The first-order valence-electron chi connectivity index (χ1n) is 6.82. The Labute approximate surface area is 133 Å². The number of hydrogen-bond donors (Lipinski definition) is 0. The van der Waals surface area contributed by atoms with Gasteiger partial charge in [0.25, 0.3) is 0 Å². The standard InChI is InChI=1S/C18H16BrNO/c1-12(2)13-7-9-14(10-8-13)16(11-20)18(21)15-5-3-4-6-17(15)19/h3-10,12,16H,1-2H3. The van der Waals surface area contributed by atoms with E-state index in [4.69, 9.17) is 0 Å². The van der Waals surface area contributed by atoms with Crippen LogP contribution < -0.4 is 0 Å². The lowest BCUT2D eigenvalue weighted by atomic mass is 9.90. The maximum atomic E-state index is 12.6. The third-order valence-electron chi connectivity index (χ3n) is 3.47. The number of carbonyl (C=O) groups excluding carboxylic acids is 1. The Morgan fingerprint density at radius 3 is 2.14 bits per heavy atom. The summed E-state index contributed by atoms with van der Waals surface area (Å²) in [5, 5.41) is 9.39. The SMILES string of the molecule is CC(C)c1ccc(C(C#N)C(=O)c2ccccc2Br)cc1. The van der Waals surface area contributed by atoms with Gasteiger partial charge in [-0.2, -0.15) is 5.26 Å². The van der Waals surface area contributed by atoms with Gasteiger partial charge < -0.3 is 0 Å². The number of nitrogens with zero attached hydrogens (tertiary/aromatic N) is 1. The summed E-state index contributed by atoms with van der Waals surface area (Å²) in [7, 11) is 0. The molecular formula is C18H16BrNO. The highest BCUT2D eigenvalue weighted by Gasteiger charge is 2.23. The Morgan fingerprint density at radius 2 is 1.62 bits per heavy atom. The van der Waals surface area contributed by atoms with Crippen molar-refractivity contribution in [3.63, 3.8) is 0 Å². The van der Waals surface area contributed by atoms with Gasteiger partial charge in [0.15, 0.2) is 5.78 Å². The molecule has 106 valence electrons. The number of ketones is 1. The molecule has 2 aromatic rings. The second-order valence-corrected chi connectivity index (χ2v) is 6.08. The van der Waals surface area contributed by atoms with Crippen LogP contribution in [0.2, 0.25) is 0 Å². The summed E-state index contributed by atoms with van der Waals surface area (Å²) in [5.74, 6) is -0.522. The normalized spacial score (nSPS) is 12.0. The van der Waals surface area contributed by atoms with E-state index in [9.17, 15) is 10.1 Å². The van der Waals surface area contributed by atoms with E-state index < -0.39 is 5.92 Å². The van der Waals surface area contributed by atoms with Crippen LogP contribution in [0.5, 0.6) is 0 Å². The molecule has 0 spiro atoms. The molecule has 21 heavy (non-hydrogen) atoms. The van der Waals surface area contributed by atoms with Crippen LogP contribution in [0.3, 0.4) is 0 Å². The molecule has 0 bridgehead atoms. The Bertz CT molecular complexity index is 683. The van der Waals surface area contributed by atoms with Crippen molar-refractivity contribution in [3.8, 4) is 6.07 Å². The fourth-order valence-corrected chi connectivity index (χ4v) is 2.65. The summed E-state index contributed by atoms with van der Waals surface area (Å²) in [6.07, 6.45) is 0. The van der Waals surface area contributed by atoms with Gasteiger partial charge in [0, 0.05) is 10.0 Å². The van der Waals surface area contributed by atoms with Crippen LogP contribution in [0.4, 0.5) is 0 Å². The molecule has 0 heterocycles. The molecule has 0 aliphatic rings. The zero-order valence-corrected chi connectivity index (χ0v) is 13.6. The summed E-state index contributed by atoms with van der Waals surface area (Å²) in [6, 6.07) is 17.0. The first-order chi connectivity index (χ1) is 10.0. The molecule has 3 heteroatoms. The van der Waals surface area contributed by atoms with Gasteiger partial charge in [-0.3, -0.25) is 4.79 Å². The van der Waals surface area contributed by atoms with Crippen molar-refractivity contribution in [1.29, 1.82) is 5.26 Å². The van der Waals surface area contributed by atoms with Crippen LogP contribution in [0.25, 0.3) is 0 Å². The van der Waals surface area contributed by atoms with Crippen molar-refractivity contribution in [2.45, 2.75) is 25.7 Å². The lowest BCUT2D eigenvalue weighted by Crippen LogP contribution is -2.12. The van der Waals surface area contributed by atoms with E-state index >= 15 is 0 Å². The molecule has 1 unspecified atom stereocenters. The number of benzene rings is 2. The van der Waals surface area contributed by atoms with E-state index in [2.05, 4.69) is 35.8 Å². The number of Topliss-reactive ketones (excluding diaryl/α,β-unsaturated/α-hetero) is 1. The lowest BCUT2D eigenvalue weighted by Gasteiger charge is -2.12. The van der Waals surface area contributed by atoms with Gasteiger partial charge in [0.05, 0.1) is 6.07 Å². The van der Waals surface area contributed by atoms with E-state index in [1.54, 1.807) is 12.1 Å². The summed E-state index contributed by atoms with van der Waals surface area (Å²) in [6.45, 7) is 4.23. The number of hydrogen-bond acceptors (Lipinski definition) is 2. The molecule has 0 saturated heterocycles. The average Bonchev–Trinajstić information content (AvgIpc) is 2.49. The minimum absolute atomic E-state index is 0.178. The maximum absolute atomic E-state index is 12.6. The molecule has 0 aliphatic carbocycles. The largest absolute Gasteiger partial charge is 0.292 e. The second-order valence-electron chi connectivity index (χ2n) is 5.23. The van der Waals surface area contributed by atoms with E-state index in [1.807, 2.05) is 36.4 Å². The van der Waals surface area contributed by atoms with E-state index in [-0.39, 0.29) is 5.78 Å². The van der Waals surface area contributed by atoms with Crippen LogP contribution in [0, 0.1) is 11.3 Å².